The highest BCUT2D eigenvalue weighted by molar-refractivity contribution is 14.0. The molecule has 1 aliphatic rings. The van der Waals surface area contributed by atoms with Crippen molar-refractivity contribution in [1.82, 2.24) is 10.6 Å². The van der Waals surface area contributed by atoms with Gasteiger partial charge >= 0.3 is 0 Å². The molecule has 1 aromatic rings. The summed E-state index contributed by atoms with van der Waals surface area (Å²) in [5.74, 6) is 0.907. The molecule has 1 heterocycles. The van der Waals surface area contributed by atoms with Gasteiger partial charge in [0, 0.05) is 36.6 Å². The number of rotatable bonds is 9. The molecule has 1 aromatic heterocycles. The first kappa shape index (κ1) is 22.7. The van der Waals surface area contributed by atoms with Gasteiger partial charge in [-0.25, -0.2) is 0 Å². The lowest BCUT2D eigenvalue weighted by molar-refractivity contribution is 0.105. The Kier molecular flexibility index (Phi) is 11.0. The number of aryl methyl sites for hydroxylation is 1. The summed E-state index contributed by atoms with van der Waals surface area (Å²) in [4.78, 5) is 7.19. The molecule has 2 N–H and O–H groups in total. The Morgan fingerprint density at radius 2 is 1.92 bits per heavy atom. The van der Waals surface area contributed by atoms with Gasteiger partial charge in [0.2, 0.25) is 0 Å². The molecule has 4 nitrogen and oxygen atoms in total. The first-order chi connectivity index (χ1) is 11.7. The van der Waals surface area contributed by atoms with Crippen molar-refractivity contribution in [3.63, 3.8) is 0 Å². The molecule has 0 aromatic carbocycles. The van der Waals surface area contributed by atoms with Crippen LogP contribution in [-0.2, 0) is 17.7 Å². The fraction of sp³-hybridized carbons (Fsp3) is 0.737. The monoisotopic (exact) mass is 479 g/mol. The minimum absolute atomic E-state index is 0. The Morgan fingerprint density at radius 1 is 1.20 bits per heavy atom. The average Bonchev–Trinajstić information content (AvgIpc) is 3.25. The molecular weight excluding hydrogens is 445 g/mol. The molecule has 0 saturated heterocycles. The summed E-state index contributed by atoms with van der Waals surface area (Å²) in [6.07, 6.45) is 7.54. The Morgan fingerprint density at radius 3 is 2.52 bits per heavy atom. The van der Waals surface area contributed by atoms with Crippen LogP contribution in [0.5, 0.6) is 0 Å². The molecule has 0 aliphatic heterocycles. The molecule has 25 heavy (non-hydrogen) atoms. The van der Waals surface area contributed by atoms with Gasteiger partial charge in [-0.1, -0.05) is 19.8 Å². The van der Waals surface area contributed by atoms with Crippen LogP contribution in [0, 0.1) is 5.41 Å². The minimum Gasteiger partial charge on any atom is -0.382 e. The first-order valence-corrected chi connectivity index (χ1v) is 10.1. The molecule has 1 fully saturated rings. The van der Waals surface area contributed by atoms with Gasteiger partial charge < -0.3 is 15.4 Å². The van der Waals surface area contributed by atoms with E-state index in [1.807, 2.05) is 18.4 Å². The van der Waals surface area contributed by atoms with E-state index in [0.717, 1.165) is 45.1 Å². The largest absolute Gasteiger partial charge is 0.382 e. The Hall–Kier alpha value is -0.340. The van der Waals surface area contributed by atoms with Gasteiger partial charge in [0.05, 0.1) is 6.54 Å². The van der Waals surface area contributed by atoms with E-state index in [0.29, 0.717) is 5.41 Å². The topological polar surface area (TPSA) is 45.6 Å². The second-order valence-electron chi connectivity index (χ2n) is 6.65. The smallest absolute Gasteiger partial charge is 0.191 e. The highest BCUT2D eigenvalue weighted by Crippen LogP contribution is 2.40. The van der Waals surface area contributed by atoms with Crippen LogP contribution < -0.4 is 10.6 Å². The van der Waals surface area contributed by atoms with Crippen LogP contribution in [0.4, 0.5) is 0 Å². The molecule has 144 valence electrons. The van der Waals surface area contributed by atoms with Crippen molar-refractivity contribution in [1.29, 1.82) is 0 Å². The van der Waals surface area contributed by atoms with Crippen LogP contribution in [0.1, 0.15) is 55.7 Å². The van der Waals surface area contributed by atoms with Gasteiger partial charge in [-0.3, -0.25) is 4.99 Å². The summed E-state index contributed by atoms with van der Waals surface area (Å²) in [5, 5.41) is 7.01. The zero-order valence-corrected chi connectivity index (χ0v) is 19.0. The van der Waals surface area contributed by atoms with E-state index in [2.05, 4.69) is 41.6 Å². The van der Waals surface area contributed by atoms with Gasteiger partial charge in [0.25, 0.3) is 0 Å². The maximum absolute atomic E-state index is 5.60. The zero-order valence-electron chi connectivity index (χ0n) is 15.9. The summed E-state index contributed by atoms with van der Waals surface area (Å²) in [6, 6.07) is 4.43. The number of guanidine groups is 1. The van der Waals surface area contributed by atoms with Gasteiger partial charge in [-0.15, -0.1) is 35.3 Å². The summed E-state index contributed by atoms with van der Waals surface area (Å²) in [6.45, 7) is 7.79. The molecule has 0 atom stereocenters. The molecule has 6 heteroatoms. The average molecular weight is 479 g/mol. The molecule has 0 unspecified atom stereocenters. The fourth-order valence-electron chi connectivity index (χ4n) is 3.44. The second-order valence-corrected chi connectivity index (χ2v) is 7.91. The van der Waals surface area contributed by atoms with Crippen LogP contribution in [0.2, 0.25) is 0 Å². The Labute approximate surface area is 174 Å². The standard InChI is InChI=1S/C19H33N3OS.HI/c1-4-16-8-9-17(24-16)14-21-18(20-3)22-15-19(10-6-7-11-19)12-13-23-5-2;/h8-9H,4-7,10-15H2,1-3H3,(H2,20,21,22);1H. The molecule has 2 rings (SSSR count). The predicted octanol–water partition coefficient (Wildman–Crippen LogP) is 4.58. The number of nitrogens with one attached hydrogen (secondary N) is 2. The van der Waals surface area contributed by atoms with Crippen molar-refractivity contribution < 1.29 is 4.74 Å². The molecular formula is C19H34IN3OS. The van der Waals surface area contributed by atoms with E-state index in [4.69, 9.17) is 4.74 Å². The SMILES string of the molecule is CCOCCC1(CNC(=NC)NCc2ccc(CC)s2)CCCC1.I. The third-order valence-electron chi connectivity index (χ3n) is 5.00. The summed E-state index contributed by atoms with van der Waals surface area (Å²) >= 11 is 1.88. The quantitative estimate of drug-likeness (QED) is 0.236. The van der Waals surface area contributed by atoms with Crippen LogP contribution in [0.3, 0.4) is 0 Å². The number of hydrogen-bond donors (Lipinski definition) is 2. The van der Waals surface area contributed by atoms with Gasteiger partial charge in [-0.2, -0.15) is 0 Å². The third-order valence-corrected chi connectivity index (χ3v) is 6.22. The lowest BCUT2D eigenvalue weighted by Gasteiger charge is -2.30. The van der Waals surface area contributed by atoms with Crippen molar-refractivity contribution in [2.75, 3.05) is 26.8 Å². The van der Waals surface area contributed by atoms with E-state index < -0.39 is 0 Å². The number of halogens is 1. The van der Waals surface area contributed by atoms with Crippen LogP contribution >= 0.6 is 35.3 Å². The molecule has 0 bridgehead atoms. The van der Waals surface area contributed by atoms with Gasteiger partial charge in [0.15, 0.2) is 5.96 Å². The number of hydrogen-bond acceptors (Lipinski definition) is 3. The second kappa shape index (κ2) is 12.1. The molecule has 0 spiro atoms. The highest BCUT2D eigenvalue weighted by atomic mass is 127. The van der Waals surface area contributed by atoms with E-state index in [1.54, 1.807) is 0 Å². The fourth-order valence-corrected chi connectivity index (χ4v) is 4.34. The molecule has 0 amide bonds. The maximum atomic E-state index is 5.60. The third kappa shape index (κ3) is 7.43. The number of nitrogens with zero attached hydrogens (tertiary/aromatic N) is 1. The highest BCUT2D eigenvalue weighted by Gasteiger charge is 2.33. The minimum atomic E-state index is 0. The Balaban J connectivity index is 0.00000312. The number of thiophene rings is 1. The molecule has 0 radical (unpaired) electrons. The molecule has 1 saturated carbocycles. The van der Waals surface area contributed by atoms with E-state index >= 15 is 0 Å². The van der Waals surface area contributed by atoms with E-state index in [1.165, 1.54) is 35.4 Å². The van der Waals surface area contributed by atoms with Gasteiger partial charge in [0.1, 0.15) is 0 Å². The first-order valence-electron chi connectivity index (χ1n) is 9.31. The van der Waals surface area contributed by atoms with Crippen molar-refractivity contribution in [3.8, 4) is 0 Å². The molecule has 1 aliphatic carbocycles. The lowest BCUT2D eigenvalue weighted by Crippen LogP contribution is -2.43. The lowest BCUT2D eigenvalue weighted by atomic mass is 9.83. The predicted molar refractivity (Wildman–Crippen MR) is 119 cm³/mol. The van der Waals surface area contributed by atoms with E-state index in [-0.39, 0.29) is 24.0 Å². The van der Waals surface area contributed by atoms with Crippen molar-refractivity contribution in [3.05, 3.63) is 21.9 Å². The van der Waals surface area contributed by atoms with Gasteiger partial charge in [-0.05, 0) is 50.2 Å². The number of ether oxygens (including phenoxy) is 1. The Bertz CT molecular complexity index is 513. The summed E-state index contributed by atoms with van der Waals surface area (Å²) in [7, 11) is 1.85. The van der Waals surface area contributed by atoms with Crippen molar-refractivity contribution in [2.24, 2.45) is 10.4 Å². The van der Waals surface area contributed by atoms with Crippen molar-refractivity contribution in [2.45, 2.75) is 58.9 Å². The van der Waals surface area contributed by atoms with Crippen LogP contribution in [0.15, 0.2) is 17.1 Å². The maximum Gasteiger partial charge on any atom is 0.191 e. The zero-order chi connectivity index (χ0) is 17.3. The summed E-state index contributed by atoms with van der Waals surface area (Å²) in [5.41, 5.74) is 0.380. The number of aliphatic imine (C=N–C) groups is 1. The van der Waals surface area contributed by atoms with E-state index in [9.17, 15) is 0 Å². The van der Waals surface area contributed by atoms with Crippen molar-refractivity contribution >= 4 is 41.3 Å². The normalized spacial score (nSPS) is 16.5. The van der Waals surface area contributed by atoms with Crippen LogP contribution in [0.25, 0.3) is 0 Å². The van der Waals surface area contributed by atoms with Crippen LogP contribution in [-0.4, -0.2) is 32.8 Å². The summed E-state index contributed by atoms with van der Waals surface area (Å²) < 4.78 is 5.60.